The van der Waals surface area contributed by atoms with Gasteiger partial charge in [-0.05, 0) is 18.9 Å². The van der Waals surface area contributed by atoms with Crippen LogP contribution in [0.25, 0.3) is 0 Å². The van der Waals surface area contributed by atoms with E-state index in [1.807, 2.05) is 20.9 Å². The van der Waals surface area contributed by atoms with Crippen LogP contribution in [0.3, 0.4) is 0 Å². The van der Waals surface area contributed by atoms with Crippen LogP contribution in [0.15, 0.2) is 0 Å². The molecule has 1 amide bonds. The monoisotopic (exact) mass is 186 g/mol. The molecule has 0 saturated heterocycles. The Morgan fingerprint density at radius 2 is 1.77 bits per heavy atom. The molecule has 0 aliphatic heterocycles. The van der Waals surface area contributed by atoms with Crippen molar-refractivity contribution in [3.8, 4) is 0 Å². The van der Waals surface area contributed by atoms with Gasteiger partial charge in [-0.2, -0.15) is 0 Å². The lowest BCUT2D eigenvalue weighted by Gasteiger charge is -2.20. The van der Waals surface area contributed by atoms with Crippen molar-refractivity contribution in [3.63, 3.8) is 0 Å². The molecule has 0 saturated carbocycles. The maximum absolute atomic E-state index is 11.5. The van der Waals surface area contributed by atoms with Crippen LogP contribution in [0.4, 0.5) is 0 Å². The molecule has 78 valence electrons. The smallest absolute Gasteiger partial charge is 0.237 e. The fourth-order valence-corrected chi connectivity index (χ4v) is 1.18. The van der Waals surface area contributed by atoms with Crippen LogP contribution in [0.5, 0.6) is 0 Å². The molecule has 0 bridgehead atoms. The van der Waals surface area contributed by atoms with Crippen molar-refractivity contribution in [1.29, 1.82) is 0 Å². The van der Waals surface area contributed by atoms with Crippen molar-refractivity contribution < 1.29 is 4.79 Å². The highest BCUT2D eigenvalue weighted by atomic mass is 16.2. The largest absolute Gasteiger partial charge is 0.354 e. The van der Waals surface area contributed by atoms with Crippen LogP contribution in [-0.4, -0.2) is 25.5 Å². The van der Waals surface area contributed by atoms with E-state index >= 15 is 0 Å². The van der Waals surface area contributed by atoms with Crippen LogP contribution < -0.4 is 10.6 Å². The van der Waals surface area contributed by atoms with E-state index < -0.39 is 0 Å². The summed E-state index contributed by atoms with van der Waals surface area (Å²) in [6.45, 7) is 9.00. The van der Waals surface area contributed by atoms with E-state index in [9.17, 15) is 4.79 Å². The fraction of sp³-hybridized carbons (Fsp3) is 0.900. The quantitative estimate of drug-likeness (QED) is 0.672. The number of carbonyl (C=O) groups excluding carboxylic acids is 1. The van der Waals surface area contributed by atoms with Gasteiger partial charge >= 0.3 is 0 Å². The Kier molecular flexibility index (Phi) is 5.71. The summed E-state index contributed by atoms with van der Waals surface area (Å²) in [6.07, 6.45) is 0. The number of amides is 1. The molecule has 0 rings (SSSR count). The molecule has 3 nitrogen and oxygen atoms in total. The minimum atomic E-state index is -0.0706. The first-order valence-electron chi connectivity index (χ1n) is 4.94. The third kappa shape index (κ3) is 4.88. The second-order valence-corrected chi connectivity index (χ2v) is 4.15. The van der Waals surface area contributed by atoms with Crippen molar-refractivity contribution in [3.05, 3.63) is 0 Å². The molecule has 13 heavy (non-hydrogen) atoms. The molecule has 0 spiro atoms. The van der Waals surface area contributed by atoms with Gasteiger partial charge in [-0.25, -0.2) is 0 Å². The van der Waals surface area contributed by atoms with Gasteiger partial charge < -0.3 is 10.6 Å². The summed E-state index contributed by atoms with van der Waals surface area (Å²) < 4.78 is 0. The molecule has 0 radical (unpaired) electrons. The molecule has 0 aliphatic rings. The van der Waals surface area contributed by atoms with E-state index in [-0.39, 0.29) is 11.9 Å². The van der Waals surface area contributed by atoms with Gasteiger partial charge in [-0.3, -0.25) is 4.79 Å². The van der Waals surface area contributed by atoms with E-state index in [0.717, 1.165) is 6.54 Å². The molecular formula is C10H22N2O. The predicted octanol–water partition coefficient (Wildman–Crippen LogP) is 1.00. The van der Waals surface area contributed by atoms with Crippen molar-refractivity contribution in [1.82, 2.24) is 10.6 Å². The van der Waals surface area contributed by atoms with Gasteiger partial charge in [0.25, 0.3) is 0 Å². The van der Waals surface area contributed by atoms with Crippen LogP contribution in [0, 0.1) is 11.8 Å². The predicted molar refractivity (Wildman–Crippen MR) is 55.5 cm³/mol. The molecule has 0 heterocycles. The van der Waals surface area contributed by atoms with Crippen molar-refractivity contribution in [2.45, 2.75) is 33.7 Å². The number of rotatable bonds is 5. The highest BCUT2D eigenvalue weighted by molar-refractivity contribution is 5.81. The van der Waals surface area contributed by atoms with Gasteiger partial charge in [0.15, 0.2) is 0 Å². The van der Waals surface area contributed by atoms with Gasteiger partial charge in [0.05, 0.1) is 6.04 Å². The highest BCUT2D eigenvalue weighted by Gasteiger charge is 2.19. The average Bonchev–Trinajstić information content (AvgIpc) is 2.01. The minimum absolute atomic E-state index is 0.0706. The van der Waals surface area contributed by atoms with Crippen molar-refractivity contribution in [2.75, 3.05) is 13.6 Å². The Balaban J connectivity index is 3.92. The number of nitrogens with one attached hydrogen (secondary N) is 2. The second kappa shape index (κ2) is 5.97. The summed E-state index contributed by atoms with van der Waals surface area (Å²) in [4.78, 5) is 11.5. The maximum atomic E-state index is 11.5. The second-order valence-electron chi connectivity index (χ2n) is 4.15. The summed E-state index contributed by atoms with van der Waals surface area (Å²) in [7, 11) is 1.82. The number of hydrogen-bond donors (Lipinski definition) is 2. The van der Waals surface area contributed by atoms with Gasteiger partial charge in [-0.1, -0.05) is 27.7 Å². The van der Waals surface area contributed by atoms with Crippen LogP contribution in [0.2, 0.25) is 0 Å². The average molecular weight is 186 g/mol. The summed E-state index contributed by atoms with van der Waals surface area (Å²) in [5.74, 6) is 0.942. The van der Waals surface area contributed by atoms with Crippen LogP contribution in [-0.2, 0) is 4.79 Å². The van der Waals surface area contributed by atoms with Gasteiger partial charge in [0.1, 0.15) is 0 Å². The van der Waals surface area contributed by atoms with Crippen LogP contribution >= 0.6 is 0 Å². The van der Waals surface area contributed by atoms with Crippen molar-refractivity contribution >= 4 is 5.91 Å². The van der Waals surface area contributed by atoms with Gasteiger partial charge in [0, 0.05) is 6.54 Å². The third-order valence-electron chi connectivity index (χ3n) is 1.94. The fourth-order valence-electron chi connectivity index (χ4n) is 1.18. The summed E-state index contributed by atoms with van der Waals surface area (Å²) in [5.41, 5.74) is 0. The highest BCUT2D eigenvalue weighted by Crippen LogP contribution is 2.00. The first-order chi connectivity index (χ1) is 5.99. The van der Waals surface area contributed by atoms with E-state index in [0.29, 0.717) is 11.8 Å². The minimum Gasteiger partial charge on any atom is -0.354 e. The summed E-state index contributed by atoms with van der Waals surface area (Å²) in [5, 5.41) is 5.93. The van der Waals surface area contributed by atoms with Crippen molar-refractivity contribution in [2.24, 2.45) is 11.8 Å². The molecule has 0 unspecified atom stereocenters. The standard InChI is InChI=1S/C10H22N2O/c1-7(2)6-12-10(13)9(11-5)8(3)4/h7-9,11H,6H2,1-5H3,(H,12,13)/t9-/m0/s1. The number of hydrogen-bond acceptors (Lipinski definition) is 2. The summed E-state index contributed by atoms with van der Waals surface area (Å²) >= 11 is 0. The SMILES string of the molecule is CN[C@H](C(=O)NCC(C)C)C(C)C. The lowest BCUT2D eigenvalue weighted by molar-refractivity contribution is -0.124. The zero-order chi connectivity index (χ0) is 10.4. The first-order valence-corrected chi connectivity index (χ1v) is 4.94. The molecule has 1 atom stereocenters. The summed E-state index contributed by atoms with van der Waals surface area (Å²) in [6, 6.07) is -0.0706. The Morgan fingerprint density at radius 1 is 1.23 bits per heavy atom. The zero-order valence-corrected chi connectivity index (χ0v) is 9.35. The van der Waals surface area contributed by atoms with E-state index in [2.05, 4.69) is 24.5 Å². The normalized spacial score (nSPS) is 13.5. The number of likely N-dealkylation sites (N-methyl/N-ethyl adjacent to an activating group) is 1. The van der Waals surface area contributed by atoms with Gasteiger partial charge in [0.2, 0.25) is 5.91 Å². The van der Waals surface area contributed by atoms with E-state index in [4.69, 9.17) is 0 Å². The zero-order valence-electron chi connectivity index (χ0n) is 9.35. The lowest BCUT2D eigenvalue weighted by Crippen LogP contribution is -2.46. The number of carbonyl (C=O) groups is 1. The topological polar surface area (TPSA) is 41.1 Å². The van der Waals surface area contributed by atoms with Gasteiger partial charge in [-0.15, -0.1) is 0 Å². The van der Waals surface area contributed by atoms with Crippen LogP contribution in [0.1, 0.15) is 27.7 Å². The molecule has 0 aromatic rings. The molecule has 2 N–H and O–H groups in total. The molecule has 0 aliphatic carbocycles. The Hall–Kier alpha value is -0.570. The maximum Gasteiger partial charge on any atom is 0.237 e. The Morgan fingerprint density at radius 3 is 2.08 bits per heavy atom. The first kappa shape index (κ1) is 12.4. The molecule has 3 heteroatoms. The van der Waals surface area contributed by atoms with E-state index in [1.54, 1.807) is 0 Å². The van der Waals surface area contributed by atoms with E-state index in [1.165, 1.54) is 0 Å². The molecule has 0 aromatic heterocycles. The molecule has 0 aromatic carbocycles. The molecule has 0 fully saturated rings. The Bertz CT molecular complexity index is 155. The third-order valence-corrected chi connectivity index (χ3v) is 1.94. The lowest BCUT2D eigenvalue weighted by atomic mass is 10.0. The Labute approximate surface area is 81.3 Å². The molecular weight excluding hydrogens is 164 g/mol.